The molecule has 0 fully saturated rings. The molecule has 4 heterocycles. The van der Waals surface area contributed by atoms with Gasteiger partial charge in [0.25, 0.3) is 0 Å². The van der Waals surface area contributed by atoms with Gasteiger partial charge in [-0.05, 0) is 103 Å². The Morgan fingerprint density at radius 1 is 0.489 bits per heavy atom. The highest BCUT2D eigenvalue weighted by atomic mass is 15.2. The normalized spacial score (nSPS) is 15.3. The minimum atomic E-state index is 0.231. The molecule has 6 aromatic rings. The number of benzene rings is 6. The number of allylic oxidation sites excluding steroid dienone is 4. The number of rotatable bonds is 2. The van der Waals surface area contributed by atoms with Crippen molar-refractivity contribution in [2.75, 3.05) is 4.90 Å². The van der Waals surface area contributed by atoms with Gasteiger partial charge < -0.3 is 4.90 Å². The van der Waals surface area contributed by atoms with E-state index in [1.54, 1.807) is 0 Å². The number of nitrogens with zero attached hydrogens (tertiary/aromatic N) is 1. The molecule has 0 unspecified atom stereocenters. The first-order valence-corrected chi connectivity index (χ1v) is 16.2. The van der Waals surface area contributed by atoms with Gasteiger partial charge in [-0.3, -0.25) is 0 Å². The number of hydrogen-bond donors (Lipinski definition) is 0. The van der Waals surface area contributed by atoms with Gasteiger partial charge in [0.05, 0.1) is 0 Å². The predicted molar refractivity (Wildman–Crippen MR) is 193 cm³/mol. The molecule has 11 rings (SSSR count). The van der Waals surface area contributed by atoms with Crippen molar-refractivity contribution in [1.82, 2.24) is 0 Å². The molecular weight excluding hydrogens is 540 g/mol. The summed E-state index contributed by atoms with van der Waals surface area (Å²) in [6, 6.07) is 46.2. The smallest absolute Gasteiger partial charge is 0.248 e. The molecule has 3 heteroatoms. The summed E-state index contributed by atoms with van der Waals surface area (Å²) >= 11 is 0. The topological polar surface area (TPSA) is 3.24 Å². The van der Waals surface area contributed by atoms with Crippen LogP contribution in [0.3, 0.4) is 0 Å². The van der Waals surface area contributed by atoms with Crippen LogP contribution in [0.4, 0.5) is 17.1 Å². The Balaban J connectivity index is 1.22. The lowest BCUT2D eigenvalue weighted by Crippen LogP contribution is -2.62. The molecular formula is C42H27B2N. The highest BCUT2D eigenvalue weighted by molar-refractivity contribution is 7.05. The quantitative estimate of drug-likeness (QED) is 0.226. The summed E-state index contributed by atoms with van der Waals surface area (Å²) in [4.78, 5) is 2.65. The molecule has 5 aliphatic rings. The Morgan fingerprint density at radius 3 is 2.04 bits per heavy atom. The average molecular weight is 567 g/mol. The lowest BCUT2D eigenvalue weighted by Gasteiger charge is -2.42. The molecule has 0 bridgehead atoms. The molecule has 0 aromatic heterocycles. The van der Waals surface area contributed by atoms with Crippen LogP contribution in [-0.4, -0.2) is 13.4 Å². The third-order valence-electron chi connectivity index (χ3n) is 11.0. The third-order valence-corrected chi connectivity index (χ3v) is 11.0. The van der Waals surface area contributed by atoms with Crippen molar-refractivity contribution in [3.05, 3.63) is 145 Å². The van der Waals surface area contributed by atoms with Gasteiger partial charge in [0.2, 0.25) is 13.4 Å². The minimum absolute atomic E-state index is 0.231. The van der Waals surface area contributed by atoms with Crippen molar-refractivity contribution < 1.29 is 0 Å². The van der Waals surface area contributed by atoms with Gasteiger partial charge >= 0.3 is 0 Å². The van der Waals surface area contributed by atoms with E-state index in [4.69, 9.17) is 0 Å². The first kappa shape index (κ1) is 24.1. The van der Waals surface area contributed by atoms with Crippen molar-refractivity contribution in [2.24, 2.45) is 0 Å². The Hall–Kier alpha value is -5.27. The summed E-state index contributed by atoms with van der Waals surface area (Å²) in [5, 5.41) is 0. The summed E-state index contributed by atoms with van der Waals surface area (Å²) in [6.07, 6.45) is 9.03. The summed E-state index contributed by atoms with van der Waals surface area (Å²) in [6.45, 7) is 0.479. The van der Waals surface area contributed by atoms with E-state index in [1.807, 2.05) is 0 Å². The second-order valence-electron chi connectivity index (χ2n) is 13.1. The summed E-state index contributed by atoms with van der Waals surface area (Å²) in [5.41, 5.74) is 23.6. The fraction of sp³-hybridized carbons (Fsp3) is 0.0476. The van der Waals surface area contributed by atoms with Crippen LogP contribution in [0.15, 0.2) is 140 Å². The van der Waals surface area contributed by atoms with E-state index in [0.29, 0.717) is 0 Å². The van der Waals surface area contributed by atoms with Gasteiger partial charge in [-0.2, -0.15) is 0 Å². The lowest BCUT2D eigenvalue weighted by atomic mass is 9.32. The Morgan fingerprint density at radius 2 is 1.20 bits per heavy atom. The van der Waals surface area contributed by atoms with Gasteiger partial charge in [-0.1, -0.05) is 126 Å². The minimum Gasteiger partial charge on any atom is -0.312 e. The van der Waals surface area contributed by atoms with E-state index in [9.17, 15) is 0 Å². The van der Waals surface area contributed by atoms with Crippen molar-refractivity contribution in [2.45, 2.75) is 12.8 Å². The van der Waals surface area contributed by atoms with Crippen LogP contribution in [-0.2, 0) is 0 Å². The largest absolute Gasteiger partial charge is 0.312 e. The van der Waals surface area contributed by atoms with Crippen LogP contribution in [0.25, 0.3) is 39.0 Å². The molecule has 0 spiro atoms. The second-order valence-corrected chi connectivity index (χ2v) is 13.1. The zero-order chi connectivity index (χ0) is 29.2. The van der Waals surface area contributed by atoms with E-state index in [0.717, 1.165) is 12.8 Å². The zero-order valence-corrected chi connectivity index (χ0v) is 24.8. The summed E-state index contributed by atoms with van der Waals surface area (Å²) in [7, 11) is 0. The Labute approximate surface area is 264 Å². The maximum absolute atomic E-state index is 2.65. The number of fused-ring (bicyclic) bond motifs is 10. The van der Waals surface area contributed by atoms with E-state index in [1.165, 1.54) is 94.4 Å². The van der Waals surface area contributed by atoms with E-state index in [-0.39, 0.29) is 13.4 Å². The van der Waals surface area contributed by atoms with Crippen LogP contribution in [0.5, 0.6) is 0 Å². The highest BCUT2D eigenvalue weighted by Gasteiger charge is 2.49. The van der Waals surface area contributed by atoms with E-state index in [2.05, 4.69) is 144 Å². The standard InChI is InChI=1S/C42H27B2N/c1-3-11-26(12-4-1)28-21-22-35-32(23-28)31-16-9-20-38-40(31)44(35)37-19-10-18-36-42(37)45(38)39-25-29(27-13-5-2-6-14-27)24-33-30-15-7-8-17-34(30)43(36)41(33)39/h1-5,7-13,15-25H,6,14H2. The van der Waals surface area contributed by atoms with Crippen LogP contribution < -0.4 is 37.7 Å². The third kappa shape index (κ3) is 3.06. The van der Waals surface area contributed by atoms with Crippen molar-refractivity contribution in [1.29, 1.82) is 0 Å². The van der Waals surface area contributed by atoms with Crippen LogP contribution in [0.1, 0.15) is 18.4 Å². The number of anilines is 3. The first-order chi connectivity index (χ1) is 22.3. The zero-order valence-electron chi connectivity index (χ0n) is 24.8. The molecule has 1 nitrogen and oxygen atoms in total. The van der Waals surface area contributed by atoms with Gasteiger partial charge in [0.15, 0.2) is 0 Å². The molecule has 45 heavy (non-hydrogen) atoms. The van der Waals surface area contributed by atoms with Gasteiger partial charge in [-0.15, -0.1) is 0 Å². The molecule has 206 valence electrons. The van der Waals surface area contributed by atoms with Crippen LogP contribution in [0.2, 0.25) is 0 Å². The number of hydrogen-bond acceptors (Lipinski definition) is 1. The fourth-order valence-corrected chi connectivity index (χ4v) is 9.14. The molecule has 6 aromatic carbocycles. The Bertz CT molecular complexity index is 2350. The molecule has 0 radical (unpaired) electrons. The summed E-state index contributed by atoms with van der Waals surface area (Å²) in [5.74, 6) is 0. The number of para-hydroxylation sites is 1. The summed E-state index contributed by atoms with van der Waals surface area (Å²) < 4.78 is 0. The first-order valence-electron chi connectivity index (χ1n) is 16.2. The van der Waals surface area contributed by atoms with Crippen molar-refractivity contribution >= 4 is 68.8 Å². The molecule has 0 saturated heterocycles. The molecule has 0 saturated carbocycles. The monoisotopic (exact) mass is 567 g/mol. The fourth-order valence-electron chi connectivity index (χ4n) is 9.14. The Kier molecular flexibility index (Phi) is 4.64. The van der Waals surface area contributed by atoms with Crippen LogP contribution in [0, 0.1) is 0 Å². The molecule has 0 atom stereocenters. The molecule has 0 amide bonds. The predicted octanol–water partition coefficient (Wildman–Crippen LogP) is 6.18. The maximum atomic E-state index is 2.65. The van der Waals surface area contributed by atoms with Gasteiger partial charge in [0, 0.05) is 17.1 Å². The molecule has 0 N–H and O–H groups in total. The lowest BCUT2D eigenvalue weighted by molar-refractivity contribution is 1.05. The van der Waals surface area contributed by atoms with Crippen molar-refractivity contribution in [3.63, 3.8) is 0 Å². The second kappa shape index (κ2) is 8.67. The SMILES string of the molecule is C1=CCCC(c2cc3c4c(c2)N2c5cccc6c5B(c5ccc(-c7ccccc7)cc5-6)c5cccc(c52)B4c2ccccc2-3)=C1. The van der Waals surface area contributed by atoms with Crippen LogP contribution >= 0.6 is 0 Å². The van der Waals surface area contributed by atoms with Crippen molar-refractivity contribution in [3.8, 4) is 33.4 Å². The molecule has 4 aliphatic heterocycles. The van der Waals surface area contributed by atoms with E-state index < -0.39 is 0 Å². The van der Waals surface area contributed by atoms with Gasteiger partial charge in [-0.25, -0.2) is 0 Å². The average Bonchev–Trinajstić information content (AvgIpc) is 3.63. The highest BCUT2D eigenvalue weighted by Crippen LogP contribution is 2.45. The van der Waals surface area contributed by atoms with Gasteiger partial charge in [0.1, 0.15) is 0 Å². The maximum Gasteiger partial charge on any atom is 0.248 e. The molecule has 1 aliphatic carbocycles. The van der Waals surface area contributed by atoms with E-state index >= 15 is 0 Å².